The molecule has 11 heteroatoms. The first-order chi connectivity index (χ1) is 20.6. The summed E-state index contributed by atoms with van der Waals surface area (Å²) < 4.78 is 60.1. The van der Waals surface area contributed by atoms with Crippen molar-refractivity contribution < 1.29 is 27.1 Å². The fourth-order valence-electron chi connectivity index (χ4n) is 4.74. The molecule has 0 radical (unpaired) electrons. The van der Waals surface area contributed by atoms with Crippen molar-refractivity contribution in [2.75, 3.05) is 13.7 Å². The van der Waals surface area contributed by atoms with Gasteiger partial charge in [-0.3, -0.25) is 19.1 Å². The summed E-state index contributed by atoms with van der Waals surface area (Å²) >= 11 is 0. The van der Waals surface area contributed by atoms with E-state index < -0.39 is 23.5 Å². The van der Waals surface area contributed by atoms with Gasteiger partial charge in [0.05, 0.1) is 47.9 Å². The standard InChI is InChI=1S/C32H26F4N4O3/c1-43-24-12-10-23(11-13-24)40-29(38-28-8-3-2-7-25(28)31(40)42)15-17-39(20-22-6-4-5-16-37-22)30(41)19-21-9-14-26(27(33)18-21)32(34,35)36/h2-14,16,18H,15,17,19-20H2,1H3. The largest absolute Gasteiger partial charge is 0.497 e. The average molecular weight is 591 g/mol. The number of carbonyl (C=O) groups excluding carboxylic acids is 1. The Morgan fingerprint density at radius 2 is 1.72 bits per heavy atom. The van der Waals surface area contributed by atoms with E-state index in [4.69, 9.17) is 9.72 Å². The molecule has 0 bridgehead atoms. The normalized spacial score (nSPS) is 11.5. The lowest BCUT2D eigenvalue weighted by Crippen LogP contribution is -2.35. The number of hydrogen-bond acceptors (Lipinski definition) is 5. The van der Waals surface area contributed by atoms with E-state index in [1.54, 1.807) is 72.9 Å². The molecular formula is C32H26F4N4O3. The van der Waals surface area contributed by atoms with Gasteiger partial charge >= 0.3 is 6.18 Å². The van der Waals surface area contributed by atoms with Gasteiger partial charge in [0, 0.05) is 19.2 Å². The van der Waals surface area contributed by atoms with Gasteiger partial charge in [-0.2, -0.15) is 13.2 Å². The topological polar surface area (TPSA) is 77.3 Å². The molecule has 0 saturated carbocycles. The van der Waals surface area contributed by atoms with Crippen LogP contribution in [-0.2, 0) is 30.4 Å². The number of benzene rings is 3. The summed E-state index contributed by atoms with van der Waals surface area (Å²) in [5.41, 5.74) is 0.0486. The van der Waals surface area contributed by atoms with Gasteiger partial charge in [0.15, 0.2) is 0 Å². The number of para-hydroxylation sites is 1. The first-order valence-electron chi connectivity index (χ1n) is 13.3. The maximum Gasteiger partial charge on any atom is 0.419 e. The van der Waals surface area contributed by atoms with E-state index in [1.807, 2.05) is 0 Å². The maximum absolute atomic E-state index is 14.2. The third kappa shape index (κ3) is 6.72. The van der Waals surface area contributed by atoms with Crippen LogP contribution in [0.25, 0.3) is 16.6 Å². The van der Waals surface area contributed by atoms with Crippen LogP contribution in [0, 0.1) is 5.82 Å². The van der Waals surface area contributed by atoms with E-state index in [9.17, 15) is 27.2 Å². The highest BCUT2D eigenvalue weighted by atomic mass is 19.4. The maximum atomic E-state index is 14.2. The van der Waals surface area contributed by atoms with E-state index in [1.165, 1.54) is 16.6 Å². The highest BCUT2D eigenvalue weighted by Gasteiger charge is 2.34. The predicted octanol–water partition coefficient (Wildman–Crippen LogP) is 5.76. The minimum atomic E-state index is -4.84. The van der Waals surface area contributed by atoms with E-state index in [0.29, 0.717) is 39.9 Å². The van der Waals surface area contributed by atoms with Crippen molar-refractivity contribution in [1.29, 1.82) is 0 Å². The molecule has 0 N–H and O–H groups in total. The third-order valence-electron chi connectivity index (χ3n) is 6.91. The Morgan fingerprint density at radius 1 is 0.977 bits per heavy atom. The van der Waals surface area contributed by atoms with Crippen LogP contribution in [0.5, 0.6) is 5.75 Å². The molecule has 0 fully saturated rings. The van der Waals surface area contributed by atoms with Crippen LogP contribution in [0.15, 0.2) is 95.9 Å². The molecule has 0 saturated heterocycles. The molecule has 43 heavy (non-hydrogen) atoms. The monoisotopic (exact) mass is 590 g/mol. The van der Waals surface area contributed by atoms with Crippen LogP contribution in [0.3, 0.4) is 0 Å². The van der Waals surface area contributed by atoms with Gasteiger partial charge in [0.25, 0.3) is 5.56 Å². The van der Waals surface area contributed by atoms with Crippen molar-refractivity contribution in [2.24, 2.45) is 0 Å². The molecule has 2 heterocycles. The number of alkyl halides is 3. The van der Waals surface area contributed by atoms with E-state index in [2.05, 4.69) is 4.98 Å². The molecule has 5 rings (SSSR count). The molecule has 2 aromatic heterocycles. The summed E-state index contributed by atoms with van der Waals surface area (Å²) in [5.74, 6) is -0.894. The number of pyridine rings is 1. The molecule has 3 aromatic carbocycles. The van der Waals surface area contributed by atoms with Crippen LogP contribution in [0.4, 0.5) is 17.6 Å². The minimum absolute atomic E-state index is 0.0864. The quantitative estimate of drug-likeness (QED) is 0.204. The Balaban J connectivity index is 1.47. The second-order valence-corrected chi connectivity index (χ2v) is 9.76. The van der Waals surface area contributed by atoms with Gasteiger partial charge < -0.3 is 9.64 Å². The Hall–Kier alpha value is -5.06. The van der Waals surface area contributed by atoms with Crippen molar-refractivity contribution in [3.05, 3.63) is 130 Å². The summed E-state index contributed by atoms with van der Waals surface area (Å²) in [7, 11) is 1.54. The molecule has 0 aliphatic rings. The lowest BCUT2D eigenvalue weighted by Gasteiger charge is -2.23. The molecule has 0 spiro atoms. The highest BCUT2D eigenvalue weighted by molar-refractivity contribution is 5.79. The van der Waals surface area contributed by atoms with E-state index in [-0.39, 0.29) is 37.1 Å². The number of amides is 1. The first-order valence-corrected chi connectivity index (χ1v) is 13.3. The van der Waals surface area contributed by atoms with Crippen molar-refractivity contribution in [1.82, 2.24) is 19.4 Å². The predicted molar refractivity (Wildman–Crippen MR) is 152 cm³/mol. The number of rotatable bonds is 9. The number of ether oxygens (including phenoxy) is 1. The van der Waals surface area contributed by atoms with Gasteiger partial charge in [-0.25, -0.2) is 9.37 Å². The SMILES string of the molecule is COc1ccc(-n2c(CCN(Cc3ccccn3)C(=O)Cc3ccc(C(F)(F)F)c(F)c3)nc3ccccc3c2=O)cc1. The van der Waals surface area contributed by atoms with E-state index in [0.717, 1.165) is 12.1 Å². The summed E-state index contributed by atoms with van der Waals surface area (Å²) in [6.45, 7) is 0.183. The van der Waals surface area contributed by atoms with Gasteiger partial charge in [-0.1, -0.05) is 24.3 Å². The second kappa shape index (κ2) is 12.4. The minimum Gasteiger partial charge on any atom is -0.497 e. The highest BCUT2D eigenvalue weighted by Crippen LogP contribution is 2.31. The molecule has 5 aromatic rings. The summed E-state index contributed by atoms with van der Waals surface area (Å²) in [6, 6.07) is 21.5. The Morgan fingerprint density at radius 3 is 2.40 bits per heavy atom. The molecule has 220 valence electrons. The number of fused-ring (bicyclic) bond motifs is 1. The number of aromatic nitrogens is 3. The Kier molecular flexibility index (Phi) is 8.51. The number of nitrogens with zero attached hydrogens (tertiary/aromatic N) is 4. The number of hydrogen-bond donors (Lipinski definition) is 0. The Labute approximate surface area is 244 Å². The van der Waals surface area contributed by atoms with Crippen LogP contribution in [0.1, 0.15) is 22.6 Å². The van der Waals surface area contributed by atoms with Crippen molar-refractivity contribution in [2.45, 2.75) is 25.6 Å². The number of methoxy groups -OCH3 is 1. The van der Waals surface area contributed by atoms with Crippen LogP contribution < -0.4 is 10.3 Å². The molecule has 7 nitrogen and oxygen atoms in total. The first kappa shape index (κ1) is 29.4. The average Bonchev–Trinajstić information content (AvgIpc) is 2.99. The lowest BCUT2D eigenvalue weighted by atomic mass is 10.1. The molecule has 1 amide bonds. The lowest BCUT2D eigenvalue weighted by molar-refractivity contribution is -0.140. The van der Waals surface area contributed by atoms with Crippen molar-refractivity contribution in [3.8, 4) is 11.4 Å². The van der Waals surface area contributed by atoms with Crippen LogP contribution in [-0.4, -0.2) is 39.0 Å². The molecule has 0 unspecified atom stereocenters. The Bertz CT molecular complexity index is 1810. The van der Waals surface area contributed by atoms with Gasteiger partial charge in [0.2, 0.25) is 5.91 Å². The molecular weight excluding hydrogens is 564 g/mol. The van der Waals surface area contributed by atoms with Crippen molar-refractivity contribution in [3.63, 3.8) is 0 Å². The summed E-state index contributed by atoms with van der Waals surface area (Å²) in [6.07, 6.45) is -3.44. The van der Waals surface area contributed by atoms with Crippen molar-refractivity contribution >= 4 is 16.8 Å². The van der Waals surface area contributed by atoms with Gasteiger partial charge in [0.1, 0.15) is 17.4 Å². The fourth-order valence-corrected chi connectivity index (χ4v) is 4.74. The summed E-state index contributed by atoms with van der Waals surface area (Å²) in [4.78, 5) is 37.6. The number of halogens is 4. The van der Waals surface area contributed by atoms with E-state index >= 15 is 0 Å². The fraction of sp³-hybridized carbons (Fsp3) is 0.188. The zero-order valence-corrected chi connectivity index (χ0v) is 23.0. The zero-order chi connectivity index (χ0) is 30.6. The third-order valence-corrected chi connectivity index (χ3v) is 6.91. The van der Waals surface area contributed by atoms with Crippen LogP contribution >= 0.6 is 0 Å². The number of carbonyl (C=O) groups is 1. The van der Waals surface area contributed by atoms with Gasteiger partial charge in [-0.15, -0.1) is 0 Å². The molecule has 0 atom stereocenters. The molecule has 0 aliphatic heterocycles. The zero-order valence-electron chi connectivity index (χ0n) is 23.0. The summed E-state index contributed by atoms with van der Waals surface area (Å²) in [5, 5.41) is 0.424. The van der Waals surface area contributed by atoms with Crippen LogP contribution in [0.2, 0.25) is 0 Å². The smallest absolute Gasteiger partial charge is 0.419 e. The second-order valence-electron chi connectivity index (χ2n) is 9.76. The van der Waals surface area contributed by atoms with Gasteiger partial charge in [-0.05, 0) is 66.2 Å². The molecule has 0 aliphatic carbocycles.